The van der Waals surface area contributed by atoms with Gasteiger partial charge in [-0.1, -0.05) is 0 Å². The van der Waals surface area contributed by atoms with Gasteiger partial charge < -0.3 is 10.6 Å². The largest absolute Gasteiger partial charge is 0.317 e. The number of hydrogen-bond acceptors (Lipinski definition) is 3. The number of piperidine rings is 1. The molecule has 0 aromatic heterocycles. The first-order valence-electron chi connectivity index (χ1n) is 6.76. The second-order valence-electron chi connectivity index (χ2n) is 5.50. The van der Waals surface area contributed by atoms with Gasteiger partial charge in [-0.3, -0.25) is 14.5 Å². The van der Waals surface area contributed by atoms with Crippen LogP contribution < -0.4 is 10.6 Å². The normalized spacial score (nSPS) is 26.9. The van der Waals surface area contributed by atoms with Gasteiger partial charge in [-0.15, -0.1) is 0 Å². The van der Waals surface area contributed by atoms with Crippen molar-refractivity contribution >= 4 is 5.91 Å². The molecule has 5 heteroatoms. The van der Waals surface area contributed by atoms with Crippen LogP contribution in [0.15, 0.2) is 0 Å². The first-order valence-corrected chi connectivity index (χ1v) is 6.76. The lowest BCUT2D eigenvalue weighted by molar-refractivity contribution is -0.130. The van der Waals surface area contributed by atoms with Crippen LogP contribution >= 0.6 is 0 Å². The highest BCUT2D eigenvalue weighted by Gasteiger charge is 2.34. The van der Waals surface area contributed by atoms with Crippen LogP contribution in [0.1, 0.15) is 32.6 Å². The van der Waals surface area contributed by atoms with Crippen LogP contribution in [0.3, 0.4) is 0 Å². The van der Waals surface area contributed by atoms with Crippen molar-refractivity contribution in [1.82, 2.24) is 15.5 Å². The Hall–Kier alpha value is -1.12. The van der Waals surface area contributed by atoms with Crippen molar-refractivity contribution in [3.05, 3.63) is 11.4 Å². The molecule has 100 valence electrons. The van der Waals surface area contributed by atoms with Crippen LogP contribution in [0.4, 0.5) is 0 Å². The molecule has 0 aromatic carbocycles. The molecule has 2 aliphatic rings. The van der Waals surface area contributed by atoms with Crippen LogP contribution in [0, 0.1) is 6.57 Å². The zero-order valence-electron chi connectivity index (χ0n) is 11.0. The van der Waals surface area contributed by atoms with E-state index in [2.05, 4.69) is 22.4 Å². The van der Waals surface area contributed by atoms with Crippen molar-refractivity contribution in [1.29, 1.82) is 0 Å². The summed E-state index contributed by atoms with van der Waals surface area (Å²) >= 11 is 0. The number of nitrogens with zero attached hydrogens (tertiary/aromatic N) is 2. The van der Waals surface area contributed by atoms with Gasteiger partial charge in [0.15, 0.2) is 0 Å². The van der Waals surface area contributed by atoms with Gasteiger partial charge in [0.2, 0.25) is 5.91 Å². The van der Waals surface area contributed by atoms with Crippen LogP contribution in [0.5, 0.6) is 0 Å². The summed E-state index contributed by atoms with van der Waals surface area (Å²) in [6, 6.07) is 0. The van der Waals surface area contributed by atoms with E-state index < -0.39 is 0 Å². The molecule has 0 saturated carbocycles. The summed E-state index contributed by atoms with van der Waals surface area (Å²) in [6.45, 7) is 12.4. The average molecular weight is 250 g/mol. The average Bonchev–Trinajstić information content (AvgIpc) is 2.85. The summed E-state index contributed by atoms with van der Waals surface area (Å²) in [5.74, 6) is 0.0771. The summed E-state index contributed by atoms with van der Waals surface area (Å²) < 4.78 is 0. The molecule has 2 heterocycles. The van der Waals surface area contributed by atoms with E-state index in [-0.39, 0.29) is 17.6 Å². The number of amides is 1. The molecule has 2 fully saturated rings. The predicted molar refractivity (Wildman–Crippen MR) is 69.8 cm³/mol. The summed E-state index contributed by atoms with van der Waals surface area (Å²) in [6.07, 6.45) is 3.66. The molecular formula is C13H22N4O. The third kappa shape index (κ3) is 3.01. The van der Waals surface area contributed by atoms with Gasteiger partial charge in [-0.05, 0) is 39.3 Å². The van der Waals surface area contributed by atoms with Crippen molar-refractivity contribution in [2.24, 2.45) is 0 Å². The maximum atomic E-state index is 12.1. The Balaban J connectivity index is 1.82. The van der Waals surface area contributed by atoms with E-state index in [9.17, 15) is 4.79 Å². The standard InChI is InChI=1S/C13H22N4O/c1-13(5-7-15-8-6-13)16-10-12(18)17-9-3-4-11(17)14-2/h11,15-16H,3-10H2,1H3/t11-/m0/s1. The molecule has 1 atom stereocenters. The van der Waals surface area contributed by atoms with Crippen LogP contribution in [-0.4, -0.2) is 48.7 Å². The molecule has 2 rings (SSSR count). The molecule has 0 radical (unpaired) electrons. The van der Waals surface area contributed by atoms with E-state index in [1.54, 1.807) is 4.90 Å². The predicted octanol–water partition coefficient (Wildman–Crippen LogP) is 0.586. The molecule has 5 nitrogen and oxygen atoms in total. The first-order chi connectivity index (χ1) is 8.64. The minimum Gasteiger partial charge on any atom is -0.317 e. The fourth-order valence-electron chi connectivity index (χ4n) is 2.72. The maximum Gasteiger partial charge on any atom is 0.300 e. The third-order valence-electron chi connectivity index (χ3n) is 4.06. The van der Waals surface area contributed by atoms with Gasteiger partial charge in [0.05, 0.1) is 6.54 Å². The summed E-state index contributed by atoms with van der Waals surface area (Å²) in [5.41, 5.74) is 0.0637. The fourth-order valence-corrected chi connectivity index (χ4v) is 2.72. The molecule has 18 heavy (non-hydrogen) atoms. The van der Waals surface area contributed by atoms with Crippen molar-refractivity contribution < 1.29 is 4.79 Å². The fraction of sp³-hybridized carbons (Fsp3) is 0.846. The molecule has 0 aromatic rings. The van der Waals surface area contributed by atoms with E-state index in [4.69, 9.17) is 6.57 Å². The zero-order chi connectivity index (χ0) is 13.0. The number of nitrogens with one attached hydrogen (secondary N) is 2. The molecular weight excluding hydrogens is 228 g/mol. The van der Waals surface area contributed by atoms with Gasteiger partial charge in [0.25, 0.3) is 0 Å². The van der Waals surface area contributed by atoms with Crippen molar-refractivity contribution in [3.63, 3.8) is 0 Å². The van der Waals surface area contributed by atoms with Crippen molar-refractivity contribution in [2.45, 2.75) is 44.3 Å². The second kappa shape index (κ2) is 5.68. The van der Waals surface area contributed by atoms with Gasteiger partial charge in [-0.2, -0.15) is 0 Å². The number of carbonyl (C=O) groups is 1. The van der Waals surface area contributed by atoms with Gasteiger partial charge in [-0.25, -0.2) is 6.57 Å². The highest BCUT2D eigenvalue weighted by molar-refractivity contribution is 5.79. The Bertz CT molecular complexity index is 343. The van der Waals surface area contributed by atoms with E-state index >= 15 is 0 Å². The first kappa shape index (κ1) is 13.3. The van der Waals surface area contributed by atoms with E-state index in [0.717, 1.165) is 45.3 Å². The molecule has 0 aliphatic carbocycles. The third-order valence-corrected chi connectivity index (χ3v) is 4.06. The Morgan fingerprint density at radius 1 is 1.56 bits per heavy atom. The minimum atomic E-state index is -0.222. The number of likely N-dealkylation sites (tertiary alicyclic amines) is 1. The monoisotopic (exact) mass is 250 g/mol. The van der Waals surface area contributed by atoms with Crippen LogP contribution in [0.2, 0.25) is 0 Å². The molecule has 1 amide bonds. The van der Waals surface area contributed by atoms with Gasteiger partial charge in [0.1, 0.15) is 0 Å². The topological polar surface area (TPSA) is 48.7 Å². The highest BCUT2D eigenvalue weighted by Crippen LogP contribution is 2.19. The van der Waals surface area contributed by atoms with Gasteiger partial charge >= 0.3 is 6.17 Å². The Labute approximate surface area is 109 Å². The van der Waals surface area contributed by atoms with Crippen molar-refractivity contribution in [3.8, 4) is 0 Å². The number of rotatable bonds is 3. The number of hydrogen-bond donors (Lipinski definition) is 2. The Kier molecular flexibility index (Phi) is 4.20. The molecule has 2 N–H and O–H groups in total. The molecule has 0 bridgehead atoms. The van der Waals surface area contributed by atoms with E-state index in [1.807, 2.05) is 0 Å². The highest BCUT2D eigenvalue weighted by atomic mass is 16.2. The smallest absolute Gasteiger partial charge is 0.300 e. The Morgan fingerprint density at radius 2 is 2.28 bits per heavy atom. The van der Waals surface area contributed by atoms with E-state index in [1.165, 1.54) is 0 Å². The van der Waals surface area contributed by atoms with Crippen LogP contribution in [0.25, 0.3) is 4.85 Å². The summed E-state index contributed by atoms with van der Waals surface area (Å²) in [4.78, 5) is 17.4. The van der Waals surface area contributed by atoms with Crippen LogP contribution in [-0.2, 0) is 4.79 Å². The lowest BCUT2D eigenvalue weighted by Gasteiger charge is -2.35. The van der Waals surface area contributed by atoms with Crippen molar-refractivity contribution in [2.75, 3.05) is 26.2 Å². The van der Waals surface area contributed by atoms with Gasteiger partial charge in [0, 0.05) is 18.5 Å². The molecule has 0 spiro atoms. The SMILES string of the molecule is [C-]#[N+][C@@H]1CCCN1C(=O)CNC1(C)CCNCC1. The number of carbonyl (C=O) groups excluding carboxylic acids is 1. The summed E-state index contributed by atoms with van der Waals surface area (Å²) in [5, 5.41) is 6.71. The quantitative estimate of drug-likeness (QED) is 0.721. The second-order valence-corrected chi connectivity index (χ2v) is 5.50. The molecule has 0 unspecified atom stereocenters. The lowest BCUT2D eigenvalue weighted by atomic mass is 9.90. The molecule has 2 saturated heterocycles. The van der Waals surface area contributed by atoms with E-state index in [0.29, 0.717) is 6.54 Å². The summed E-state index contributed by atoms with van der Waals surface area (Å²) in [7, 11) is 0. The minimum absolute atomic E-state index is 0.0637. The maximum absolute atomic E-state index is 12.1. The Morgan fingerprint density at radius 3 is 2.94 bits per heavy atom. The lowest BCUT2D eigenvalue weighted by Crippen LogP contribution is -2.53. The zero-order valence-corrected chi connectivity index (χ0v) is 11.0. The molecule has 2 aliphatic heterocycles.